The van der Waals surface area contributed by atoms with Crippen molar-refractivity contribution >= 4 is 11.6 Å². The maximum Gasteiger partial charge on any atom is 0.434 e. The molecule has 2 aromatic heterocycles. The molecule has 4 aromatic rings. The molecular weight excluding hydrogens is 432 g/mol. The minimum atomic E-state index is -4.90. The Morgan fingerprint density at radius 1 is 0.938 bits per heavy atom. The van der Waals surface area contributed by atoms with Gasteiger partial charge in [-0.2, -0.15) is 28.1 Å². The van der Waals surface area contributed by atoms with Crippen molar-refractivity contribution in [2.75, 3.05) is 5.32 Å². The second-order valence-electron chi connectivity index (χ2n) is 6.73. The molecule has 12 heteroatoms. The zero-order valence-electron chi connectivity index (χ0n) is 16.3. The molecule has 0 saturated carbocycles. The summed E-state index contributed by atoms with van der Waals surface area (Å²) in [5, 5.41) is 9.97. The second-order valence-corrected chi connectivity index (χ2v) is 6.73. The molecule has 0 aliphatic rings. The van der Waals surface area contributed by atoms with Crippen molar-refractivity contribution in [2.45, 2.75) is 6.18 Å². The zero-order chi connectivity index (χ0) is 23.0. The van der Waals surface area contributed by atoms with Gasteiger partial charge in [-0.3, -0.25) is 9.36 Å². The van der Waals surface area contributed by atoms with E-state index in [-0.39, 0.29) is 17.1 Å². The molecule has 0 bridgehead atoms. The van der Waals surface area contributed by atoms with E-state index >= 15 is 0 Å². The van der Waals surface area contributed by atoms with Crippen molar-refractivity contribution < 1.29 is 22.4 Å². The molecule has 0 radical (unpaired) electrons. The first-order valence-electron chi connectivity index (χ1n) is 9.09. The third kappa shape index (κ3) is 3.89. The van der Waals surface area contributed by atoms with Gasteiger partial charge in [0.05, 0.1) is 23.1 Å². The molecule has 0 atom stereocenters. The summed E-state index contributed by atoms with van der Waals surface area (Å²) in [7, 11) is 1.53. The van der Waals surface area contributed by atoms with Crippen LogP contribution < -0.4 is 11.0 Å². The monoisotopic (exact) mass is 446 g/mol. The number of benzene rings is 2. The number of alkyl halides is 3. The van der Waals surface area contributed by atoms with E-state index in [0.29, 0.717) is 10.4 Å². The second kappa shape index (κ2) is 7.80. The Hall–Kier alpha value is -4.22. The van der Waals surface area contributed by atoms with Gasteiger partial charge in [0.25, 0.3) is 5.91 Å². The topological polar surface area (TPSA) is 86.7 Å². The number of anilines is 1. The largest absolute Gasteiger partial charge is 0.434 e. The maximum atomic E-state index is 13.7. The van der Waals surface area contributed by atoms with E-state index in [1.165, 1.54) is 42.2 Å². The number of hydrogen-bond donors (Lipinski definition) is 1. The quantitative estimate of drug-likeness (QED) is 0.488. The first-order chi connectivity index (χ1) is 15.1. The van der Waals surface area contributed by atoms with Crippen LogP contribution in [0.5, 0.6) is 0 Å². The SMILES string of the molecule is Cn1cnn(-c2ccc(NC(=O)c3cnn(-c4ccc(F)cc4)c3C(F)(F)F)cc2)c1=O. The van der Waals surface area contributed by atoms with Crippen LogP contribution in [0.15, 0.2) is 65.8 Å². The molecule has 0 spiro atoms. The fraction of sp³-hybridized carbons (Fsp3) is 0.100. The maximum absolute atomic E-state index is 13.7. The Balaban J connectivity index is 1.63. The van der Waals surface area contributed by atoms with Crippen LogP contribution >= 0.6 is 0 Å². The van der Waals surface area contributed by atoms with E-state index < -0.39 is 29.2 Å². The molecule has 0 fully saturated rings. The van der Waals surface area contributed by atoms with E-state index in [1.54, 1.807) is 0 Å². The Morgan fingerprint density at radius 3 is 2.09 bits per heavy atom. The number of carbonyl (C=O) groups excluding carboxylic acids is 1. The van der Waals surface area contributed by atoms with Crippen molar-refractivity contribution in [1.29, 1.82) is 0 Å². The number of aryl methyl sites for hydroxylation is 1. The van der Waals surface area contributed by atoms with Gasteiger partial charge in [0, 0.05) is 12.7 Å². The molecule has 4 rings (SSSR count). The highest BCUT2D eigenvalue weighted by molar-refractivity contribution is 6.05. The summed E-state index contributed by atoms with van der Waals surface area (Å²) in [5.41, 5.74) is -1.82. The minimum absolute atomic E-state index is 0.0528. The van der Waals surface area contributed by atoms with Gasteiger partial charge < -0.3 is 5.32 Å². The number of amides is 1. The molecule has 1 amide bonds. The summed E-state index contributed by atoms with van der Waals surface area (Å²) in [5.74, 6) is -1.66. The number of hydrogen-bond acceptors (Lipinski definition) is 4. The molecule has 0 unspecified atom stereocenters. The number of halogens is 4. The summed E-state index contributed by atoms with van der Waals surface area (Å²) >= 11 is 0. The van der Waals surface area contributed by atoms with Gasteiger partial charge in [-0.25, -0.2) is 13.9 Å². The van der Waals surface area contributed by atoms with Crippen LogP contribution in [0.25, 0.3) is 11.4 Å². The highest BCUT2D eigenvalue weighted by Crippen LogP contribution is 2.34. The fourth-order valence-electron chi connectivity index (χ4n) is 3.00. The Kier molecular flexibility index (Phi) is 5.12. The molecule has 2 heterocycles. The van der Waals surface area contributed by atoms with Gasteiger partial charge in [-0.1, -0.05) is 0 Å². The molecule has 32 heavy (non-hydrogen) atoms. The highest BCUT2D eigenvalue weighted by Gasteiger charge is 2.40. The number of carbonyl (C=O) groups is 1. The summed E-state index contributed by atoms with van der Waals surface area (Å²) < 4.78 is 57.3. The molecule has 2 aromatic carbocycles. The number of nitrogens with one attached hydrogen (secondary N) is 1. The normalized spacial score (nSPS) is 11.5. The molecule has 8 nitrogen and oxygen atoms in total. The standard InChI is InChI=1S/C20H14F4N6O2/c1-28-11-26-30(19(28)32)15-8-4-13(5-9-15)27-18(31)16-10-25-29(17(16)20(22,23)24)14-6-2-12(21)3-7-14/h2-11H,1H3,(H,27,31). The van der Waals surface area contributed by atoms with Crippen LogP contribution in [0.3, 0.4) is 0 Å². The average Bonchev–Trinajstić information content (AvgIpc) is 3.34. The van der Waals surface area contributed by atoms with Gasteiger partial charge in [0.15, 0.2) is 5.69 Å². The lowest BCUT2D eigenvalue weighted by Gasteiger charge is -2.13. The Labute approximate surface area is 177 Å². The Morgan fingerprint density at radius 2 is 1.53 bits per heavy atom. The molecule has 0 aliphatic heterocycles. The lowest BCUT2D eigenvalue weighted by Crippen LogP contribution is -2.22. The summed E-state index contributed by atoms with van der Waals surface area (Å²) in [6.07, 6.45) is -2.78. The third-order valence-electron chi connectivity index (χ3n) is 4.55. The van der Waals surface area contributed by atoms with Crippen LogP contribution in [0.4, 0.5) is 23.2 Å². The Bertz CT molecular complexity index is 1330. The predicted molar refractivity (Wildman–Crippen MR) is 105 cm³/mol. The van der Waals surface area contributed by atoms with Gasteiger partial charge in [0.2, 0.25) is 0 Å². The van der Waals surface area contributed by atoms with Crippen molar-refractivity contribution in [1.82, 2.24) is 24.1 Å². The van der Waals surface area contributed by atoms with Crippen molar-refractivity contribution in [3.63, 3.8) is 0 Å². The third-order valence-corrected chi connectivity index (χ3v) is 4.55. The number of aromatic nitrogens is 5. The highest BCUT2D eigenvalue weighted by atomic mass is 19.4. The van der Waals surface area contributed by atoms with Crippen LogP contribution in [0.1, 0.15) is 16.1 Å². The smallest absolute Gasteiger partial charge is 0.322 e. The molecule has 0 saturated heterocycles. The first-order valence-corrected chi connectivity index (χ1v) is 9.09. The predicted octanol–water partition coefficient (Wildman–Crippen LogP) is 3.17. The number of rotatable bonds is 4. The lowest BCUT2D eigenvalue weighted by molar-refractivity contribution is -0.143. The van der Waals surface area contributed by atoms with Crippen LogP contribution in [-0.2, 0) is 13.2 Å². The van der Waals surface area contributed by atoms with E-state index in [9.17, 15) is 27.2 Å². The van der Waals surface area contributed by atoms with E-state index in [2.05, 4.69) is 15.5 Å². The van der Waals surface area contributed by atoms with Gasteiger partial charge in [0.1, 0.15) is 12.1 Å². The van der Waals surface area contributed by atoms with Crippen LogP contribution in [0.2, 0.25) is 0 Å². The van der Waals surface area contributed by atoms with Crippen molar-refractivity contribution in [3.8, 4) is 11.4 Å². The van der Waals surface area contributed by atoms with Crippen molar-refractivity contribution in [3.05, 3.63) is 88.6 Å². The first kappa shape index (κ1) is 21.0. The van der Waals surface area contributed by atoms with Gasteiger partial charge in [-0.05, 0) is 48.5 Å². The summed E-state index contributed by atoms with van der Waals surface area (Å²) in [6, 6.07) is 10.0. The zero-order valence-corrected chi connectivity index (χ0v) is 16.3. The van der Waals surface area contributed by atoms with Crippen LogP contribution in [-0.4, -0.2) is 30.0 Å². The summed E-state index contributed by atoms with van der Waals surface area (Å²) in [4.78, 5) is 24.5. The minimum Gasteiger partial charge on any atom is -0.322 e. The fourth-order valence-corrected chi connectivity index (χ4v) is 3.00. The summed E-state index contributed by atoms with van der Waals surface area (Å²) in [6.45, 7) is 0. The van der Waals surface area contributed by atoms with E-state index in [1.807, 2.05) is 0 Å². The average molecular weight is 446 g/mol. The van der Waals surface area contributed by atoms with Crippen LogP contribution in [0, 0.1) is 5.82 Å². The lowest BCUT2D eigenvalue weighted by atomic mass is 10.2. The molecular formula is C20H14F4N6O2. The molecule has 1 N–H and O–H groups in total. The van der Waals surface area contributed by atoms with Gasteiger partial charge in [-0.15, -0.1) is 0 Å². The molecule has 164 valence electrons. The molecule has 0 aliphatic carbocycles. The number of nitrogens with zero attached hydrogens (tertiary/aromatic N) is 5. The van der Waals surface area contributed by atoms with E-state index in [0.717, 1.165) is 35.1 Å². The van der Waals surface area contributed by atoms with E-state index in [4.69, 9.17) is 0 Å². The van der Waals surface area contributed by atoms with Gasteiger partial charge >= 0.3 is 11.9 Å². The van der Waals surface area contributed by atoms with Crippen molar-refractivity contribution in [2.24, 2.45) is 7.05 Å².